The first-order chi connectivity index (χ1) is 9.58. The van der Waals surface area contributed by atoms with Gasteiger partial charge in [0.1, 0.15) is 15.8 Å². The first-order valence-corrected chi connectivity index (χ1v) is 7.57. The van der Waals surface area contributed by atoms with Crippen molar-refractivity contribution in [3.05, 3.63) is 45.1 Å². The highest BCUT2D eigenvalue weighted by atomic mass is 35.5. The van der Waals surface area contributed by atoms with Crippen LogP contribution in [0.4, 0.5) is 4.39 Å². The molecule has 20 heavy (non-hydrogen) atoms. The van der Waals surface area contributed by atoms with Crippen LogP contribution >= 0.6 is 34.5 Å². The van der Waals surface area contributed by atoms with Crippen LogP contribution in [0.25, 0.3) is 21.6 Å². The van der Waals surface area contributed by atoms with Crippen LogP contribution in [0.1, 0.15) is 11.8 Å². The number of hydrogen-bond acceptors (Lipinski definition) is 3. The van der Waals surface area contributed by atoms with E-state index >= 15 is 0 Å². The van der Waals surface area contributed by atoms with Crippen LogP contribution in [0.2, 0.25) is 10.2 Å². The van der Waals surface area contributed by atoms with Crippen molar-refractivity contribution in [1.29, 1.82) is 0 Å². The SMILES string of the molecule is CCc1cc2c(Cl)nc(-c3ccc(F)cc3Cl)nc2s1. The van der Waals surface area contributed by atoms with Gasteiger partial charge in [-0.25, -0.2) is 14.4 Å². The van der Waals surface area contributed by atoms with Crippen LogP contribution in [0.5, 0.6) is 0 Å². The lowest BCUT2D eigenvalue weighted by molar-refractivity contribution is 0.628. The molecule has 1 aromatic carbocycles. The monoisotopic (exact) mass is 326 g/mol. The summed E-state index contributed by atoms with van der Waals surface area (Å²) in [6, 6.07) is 6.13. The van der Waals surface area contributed by atoms with Gasteiger partial charge in [-0.2, -0.15) is 0 Å². The number of halogens is 3. The van der Waals surface area contributed by atoms with Gasteiger partial charge in [0, 0.05) is 15.8 Å². The average Bonchev–Trinajstić information content (AvgIpc) is 2.82. The van der Waals surface area contributed by atoms with Crippen LogP contribution in [0, 0.1) is 5.82 Å². The second-order valence-corrected chi connectivity index (χ2v) is 6.13. The van der Waals surface area contributed by atoms with Gasteiger partial charge in [-0.1, -0.05) is 30.1 Å². The molecule has 102 valence electrons. The van der Waals surface area contributed by atoms with Gasteiger partial charge in [-0.05, 0) is 30.7 Å². The van der Waals surface area contributed by atoms with Gasteiger partial charge in [0.05, 0.1) is 5.02 Å². The third-order valence-electron chi connectivity index (χ3n) is 2.92. The lowest BCUT2D eigenvalue weighted by atomic mass is 10.2. The van der Waals surface area contributed by atoms with E-state index in [1.54, 1.807) is 17.4 Å². The normalized spacial score (nSPS) is 11.2. The van der Waals surface area contributed by atoms with Crippen molar-refractivity contribution >= 4 is 44.8 Å². The zero-order valence-electron chi connectivity index (χ0n) is 10.5. The van der Waals surface area contributed by atoms with Gasteiger partial charge in [-0.3, -0.25) is 0 Å². The fraction of sp³-hybridized carbons (Fsp3) is 0.143. The Hall–Kier alpha value is -1.23. The maximum Gasteiger partial charge on any atom is 0.163 e. The highest BCUT2D eigenvalue weighted by molar-refractivity contribution is 7.18. The minimum atomic E-state index is -0.393. The van der Waals surface area contributed by atoms with E-state index in [4.69, 9.17) is 23.2 Å². The zero-order chi connectivity index (χ0) is 14.3. The fourth-order valence-corrected chi connectivity index (χ4v) is 3.40. The number of benzene rings is 1. The third-order valence-corrected chi connectivity index (χ3v) is 4.69. The minimum absolute atomic E-state index is 0.271. The van der Waals surface area contributed by atoms with Crippen LogP contribution < -0.4 is 0 Å². The van der Waals surface area contributed by atoms with Crippen LogP contribution in [-0.2, 0) is 6.42 Å². The second-order valence-electron chi connectivity index (χ2n) is 4.25. The molecule has 0 aliphatic rings. The molecular weight excluding hydrogens is 318 g/mol. The molecule has 0 aliphatic heterocycles. The Morgan fingerprint density at radius 3 is 2.70 bits per heavy atom. The van der Waals surface area contributed by atoms with Crippen molar-refractivity contribution in [1.82, 2.24) is 9.97 Å². The largest absolute Gasteiger partial charge is 0.217 e. The van der Waals surface area contributed by atoms with Gasteiger partial charge < -0.3 is 0 Å². The van der Waals surface area contributed by atoms with E-state index in [0.29, 0.717) is 16.5 Å². The number of aryl methyl sites for hydroxylation is 1. The smallest absolute Gasteiger partial charge is 0.163 e. The van der Waals surface area contributed by atoms with Crippen molar-refractivity contribution in [3.8, 4) is 11.4 Å². The molecule has 0 saturated heterocycles. The molecule has 0 spiro atoms. The van der Waals surface area contributed by atoms with Crippen LogP contribution in [0.3, 0.4) is 0 Å². The summed E-state index contributed by atoms with van der Waals surface area (Å²) in [6.07, 6.45) is 0.921. The number of aromatic nitrogens is 2. The Bertz CT molecular complexity index is 801. The van der Waals surface area contributed by atoms with Gasteiger partial charge in [-0.15, -0.1) is 11.3 Å². The van der Waals surface area contributed by atoms with Gasteiger partial charge in [0.15, 0.2) is 5.82 Å². The number of thiophene rings is 1. The van der Waals surface area contributed by atoms with E-state index in [1.165, 1.54) is 17.0 Å². The molecule has 0 saturated carbocycles. The predicted octanol–water partition coefficient (Wildman–Crippen LogP) is 5.37. The van der Waals surface area contributed by atoms with Crippen molar-refractivity contribution < 1.29 is 4.39 Å². The highest BCUT2D eigenvalue weighted by Crippen LogP contribution is 2.33. The molecule has 0 aliphatic carbocycles. The van der Waals surface area contributed by atoms with Crippen molar-refractivity contribution in [2.45, 2.75) is 13.3 Å². The number of hydrogen-bond donors (Lipinski definition) is 0. The predicted molar refractivity (Wildman–Crippen MR) is 82.2 cm³/mol. The zero-order valence-corrected chi connectivity index (χ0v) is 12.8. The molecule has 2 aromatic heterocycles. The maximum atomic E-state index is 13.1. The molecule has 6 heteroatoms. The van der Waals surface area contributed by atoms with E-state index in [2.05, 4.69) is 16.9 Å². The summed E-state index contributed by atoms with van der Waals surface area (Å²) in [5, 5.41) is 1.50. The van der Waals surface area contributed by atoms with E-state index in [0.717, 1.165) is 16.6 Å². The molecule has 0 unspecified atom stereocenters. The molecule has 3 rings (SSSR count). The van der Waals surface area contributed by atoms with Gasteiger partial charge >= 0.3 is 0 Å². The maximum absolute atomic E-state index is 13.1. The summed E-state index contributed by atoms with van der Waals surface area (Å²) in [4.78, 5) is 10.8. The molecule has 0 atom stereocenters. The summed E-state index contributed by atoms with van der Waals surface area (Å²) in [5.74, 6) is 0.0207. The van der Waals surface area contributed by atoms with Gasteiger partial charge in [0.2, 0.25) is 0 Å². The number of rotatable bonds is 2. The molecule has 2 heterocycles. The summed E-state index contributed by atoms with van der Waals surface area (Å²) < 4.78 is 13.1. The van der Waals surface area contributed by atoms with Crippen LogP contribution in [0.15, 0.2) is 24.3 Å². The molecule has 0 N–H and O–H groups in total. The molecular formula is C14H9Cl2FN2S. The Balaban J connectivity index is 2.21. The van der Waals surface area contributed by atoms with E-state index in [-0.39, 0.29) is 5.02 Å². The molecule has 2 nitrogen and oxygen atoms in total. The number of nitrogens with zero attached hydrogens (tertiary/aromatic N) is 2. The molecule has 0 bridgehead atoms. The minimum Gasteiger partial charge on any atom is -0.217 e. The summed E-state index contributed by atoms with van der Waals surface area (Å²) >= 11 is 13.8. The lowest BCUT2D eigenvalue weighted by Crippen LogP contribution is -1.91. The molecule has 3 aromatic rings. The third kappa shape index (κ3) is 2.39. The second kappa shape index (κ2) is 5.28. The first kappa shape index (κ1) is 13.7. The van der Waals surface area contributed by atoms with E-state index in [1.807, 2.05) is 6.07 Å². The van der Waals surface area contributed by atoms with Crippen molar-refractivity contribution in [2.24, 2.45) is 0 Å². The fourth-order valence-electron chi connectivity index (χ4n) is 1.90. The van der Waals surface area contributed by atoms with Gasteiger partial charge in [0.25, 0.3) is 0 Å². The van der Waals surface area contributed by atoms with E-state index < -0.39 is 5.82 Å². The first-order valence-electron chi connectivity index (χ1n) is 6.00. The summed E-state index contributed by atoms with van der Waals surface area (Å²) in [6.45, 7) is 2.07. The standard InChI is InChI=1S/C14H9Cl2FN2S/c1-2-8-6-10-12(16)18-13(19-14(10)20-8)9-4-3-7(17)5-11(9)15/h3-6H,2H2,1H3. The Labute approximate surface area is 129 Å². The summed E-state index contributed by atoms with van der Waals surface area (Å²) in [7, 11) is 0. The molecule has 0 fully saturated rings. The van der Waals surface area contributed by atoms with Crippen molar-refractivity contribution in [2.75, 3.05) is 0 Å². The summed E-state index contributed by atoms with van der Waals surface area (Å²) in [5.41, 5.74) is 0.573. The lowest BCUT2D eigenvalue weighted by Gasteiger charge is -2.04. The van der Waals surface area contributed by atoms with E-state index in [9.17, 15) is 4.39 Å². The molecule has 0 amide bonds. The molecule has 0 radical (unpaired) electrons. The number of fused-ring (bicyclic) bond motifs is 1. The Morgan fingerprint density at radius 1 is 1.20 bits per heavy atom. The van der Waals surface area contributed by atoms with Crippen LogP contribution in [-0.4, -0.2) is 9.97 Å². The Morgan fingerprint density at radius 2 is 2.00 bits per heavy atom. The highest BCUT2D eigenvalue weighted by Gasteiger charge is 2.13. The van der Waals surface area contributed by atoms with Crippen molar-refractivity contribution in [3.63, 3.8) is 0 Å². The average molecular weight is 327 g/mol. The quantitative estimate of drug-likeness (QED) is 0.592. The topological polar surface area (TPSA) is 25.8 Å². The Kier molecular flexibility index (Phi) is 3.63.